The third-order valence-corrected chi connectivity index (χ3v) is 2.65. The standard InChI is InChI=1S/C14H16N2S/c1-10(2)15-14(17)16-13-8-7-11-5-3-4-6-12(11)9-13/h3-10H,1-2H3,(H2,15,16,17). The highest BCUT2D eigenvalue weighted by molar-refractivity contribution is 7.80. The molecule has 88 valence electrons. The summed E-state index contributed by atoms with van der Waals surface area (Å²) < 4.78 is 0. The quantitative estimate of drug-likeness (QED) is 0.790. The van der Waals surface area contributed by atoms with E-state index in [1.807, 2.05) is 18.2 Å². The summed E-state index contributed by atoms with van der Waals surface area (Å²) in [6.07, 6.45) is 0. The van der Waals surface area contributed by atoms with Gasteiger partial charge in [-0.3, -0.25) is 0 Å². The molecule has 0 amide bonds. The molecule has 0 saturated heterocycles. The van der Waals surface area contributed by atoms with Crippen molar-refractivity contribution in [1.82, 2.24) is 5.32 Å². The number of benzene rings is 2. The Hall–Kier alpha value is -1.61. The first-order valence-corrected chi connectivity index (χ1v) is 6.12. The van der Waals surface area contributed by atoms with E-state index in [9.17, 15) is 0 Å². The lowest BCUT2D eigenvalue weighted by Crippen LogP contribution is -2.33. The minimum Gasteiger partial charge on any atom is -0.360 e. The topological polar surface area (TPSA) is 24.1 Å². The summed E-state index contributed by atoms with van der Waals surface area (Å²) >= 11 is 5.21. The van der Waals surface area contributed by atoms with E-state index in [0.717, 1.165) is 5.69 Å². The van der Waals surface area contributed by atoms with Gasteiger partial charge in [-0.1, -0.05) is 30.3 Å². The van der Waals surface area contributed by atoms with E-state index in [4.69, 9.17) is 12.2 Å². The Morgan fingerprint density at radius 3 is 2.47 bits per heavy atom. The van der Waals surface area contributed by atoms with Crippen molar-refractivity contribution in [3.05, 3.63) is 42.5 Å². The number of rotatable bonds is 2. The number of anilines is 1. The van der Waals surface area contributed by atoms with Crippen molar-refractivity contribution in [2.75, 3.05) is 5.32 Å². The van der Waals surface area contributed by atoms with Crippen LogP contribution in [0.5, 0.6) is 0 Å². The van der Waals surface area contributed by atoms with E-state index in [2.05, 4.69) is 48.7 Å². The van der Waals surface area contributed by atoms with E-state index in [1.54, 1.807) is 0 Å². The van der Waals surface area contributed by atoms with E-state index in [0.29, 0.717) is 11.2 Å². The van der Waals surface area contributed by atoms with Gasteiger partial charge in [-0.15, -0.1) is 0 Å². The van der Waals surface area contributed by atoms with E-state index < -0.39 is 0 Å². The smallest absolute Gasteiger partial charge is 0.170 e. The first-order valence-electron chi connectivity index (χ1n) is 5.71. The molecule has 0 atom stereocenters. The van der Waals surface area contributed by atoms with Gasteiger partial charge in [0.25, 0.3) is 0 Å². The molecule has 2 rings (SSSR count). The second-order valence-corrected chi connectivity index (χ2v) is 4.72. The molecule has 0 aromatic heterocycles. The summed E-state index contributed by atoms with van der Waals surface area (Å²) in [6, 6.07) is 14.9. The zero-order chi connectivity index (χ0) is 12.3. The minimum absolute atomic E-state index is 0.343. The van der Waals surface area contributed by atoms with Crippen molar-refractivity contribution in [2.24, 2.45) is 0 Å². The summed E-state index contributed by atoms with van der Waals surface area (Å²) in [5, 5.41) is 9.46. The molecule has 2 aromatic carbocycles. The molecule has 0 radical (unpaired) electrons. The fourth-order valence-corrected chi connectivity index (χ4v) is 2.05. The van der Waals surface area contributed by atoms with Crippen LogP contribution in [-0.2, 0) is 0 Å². The molecular formula is C14H16N2S. The third-order valence-electron chi connectivity index (χ3n) is 2.43. The molecule has 3 heteroatoms. The van der Waals surface area contributed by atoms with Crippen molar-refractivity contribution in [3.63, 3.8) is 0 Å². The molecule has 0 aliphatic carbocycles. The molecule has 0 saturated carbocycles. The summed E-state index contributed by atoms with van der Waals surface area (Å²) in [4.78, 5) is 0. The lowest BCUT2D eigenvalue weighted by atomic mass is 10.1. The van der Waals surface area contributed by atoms with Crippen LogP contribution in [0.3, 0.4) is 0 Å². The van der Waals surface area contributed by atoms with Gasteiger partial charge in [0.2, 0.25) is 0 Å². The lowest BCUT2D eigenvalue weighted by Gasteiger charge is -2.13. The molecule has 2 nitrogen and oxygen atoms in total. The van der Waals surface area contributed by atoms with Gasteiger partial charge in [0.1, 0.15) is 0 Å². The molecule has 2 N–H and O–H groups in total. The Balaban J connectivity index is 2.17. The Labute approximate surface area is 107 Å². The van der Waals surface area contributed by atoms with Crippen LogP contribution in [0.1, 0.15) is 13.8 Å². The molecule has 0 heterocycles. The lowest BCUT2D eigenvalue weighted by molar-refractivity contribution is 0.739. The molecule has 0 fully saturated rings. The maximum atomic E-state index is 5.21. The zero-order valence-corrected chi connectivity index (χ0v) is 10.8. The van der Waals surface area contributed by atoms with Gasteiger partial charge in [-0.05, 0) is 49.0 Å². The van der Waals surface area contributed by atoms with Crippen LogP contribution >= 0.6 is 12.2 Å². The molecule has 0 aliphatic rings. The van der Waals surface area contributed by atoms with Crippen molar-refractivity contribution < 1.29 is 0 Å². The molecule has 0 spiro atoms. The molecule has 17 heavy (non-hydrogen) atoms. The number of hydrogen-bond donors (Lipinski definition) is 2. The minimum atomic E-state index is 0.343. The second-order valence-electron chi connectivity index (χ2n) is 4.32. The van der Waals surface area contributed by atoms with Gasteiger partial charge in [-0.2, -0.15) is 0 Å². The molecule has 0 unspecified atom stereocenters. The van der Waals surface area contributed by atoms with Gasteiger partial charge in [0.05, 0.1) is 0 Å². The normalized spacial score (nSPS) is 10.5. The van der Waals surface area contributed by atoms with Crippen molar-refractivity contribution in [1.29, 1.82) is 0 Å². The summed E-state index contributed by atoms with van der Waals surface area (Å²) in [5.74, 6) is 0. The fourth-order valence-electron chi connectivity index (χ4n) is 1.70. The predicted molar refractivity (Wildman–Crippen MR) is 78.4 cm³/mol. The van der Waals surface area contributed by atoms with Gasteiger partial charge >= 0.3 is 0 Å². The van der Waals surface area contributed by atoms with Crippen LogP contribution in [-0.4, -0.2) is 11.2 Å². The van der Waals surface area contributed by atoms with Crippen LogP contribution in [0.15, 0.2) is 42.5 Å². The fraction of sp³-hybridized carbons (Fsp3) is 0.214. The van der Waals surface area contributed by atoms with Crippen LogP contribution < -0.4 is 10.6 Å². The Morgan fingerprint density at radius 1 is 1.06 bits per heavy atom. The van der Waals surface area contributed by atoms with Gasteiger partial charge in [0.15, 0.2) is 5.11 Å². The summed E-state index contributed by atoms with van der Waals surface area (Å²) in [6.45, 7) is 4.13. The zero-order valence-electron chi connectivity index (χ0n) is 10.0. The van der Waals surface area contributed by atoms with Crippen LogP contribution in [0.25, 0.3) is 10.8 Å². The van der Waals surface area contributed by atoms with Crippen molar-refractivity contribution in [3.8, 4) is 0 Å². The molecule has 0 aliphatic heterocycles. The van der Waals surface area contributed by atoms with Crippen molar-refractivity contribution in [2.45, 2.75) is 19.9 Å². The number of nitrogens with one attached hydrogen (secondary N) is 2. The average molecular weight is 244 g/mol. The highest BCUT2D eigenvalue weighted by atomic mass is 32.1. The highest BCUT2D eigenvalue weighted by Gasteiger charge is 2.00. The largest absolute Gasteiger partial charge is 0.360 e. The van der Waals surface area contributed by atoms with Crippen LogP contribution in [0.4, 0.5) is 5.69 Å². The monoisotopic (exact) mass is 244 g/mol. The summed E-state index contributed by atoms with van der Waals surface area (Å²) in [7, 11) is 0. The SMILES string of the molecule is CC(C)NC(=S)Nc1ccc2ccccc2c1. The molecule has 0 bridgehead atoms. The number of hydrogen-bond acceptors (Lipinski definition) is 1. The molecule has 2 aromatic rings. The maximum Gasteiger partial charge on any atom is 0.170 e. The Bertz CT molecular complexity index is 534. The van der Waals surface area contributed by atoms with Gasteiger partial charge < -0.3 is 10.6 Å². The number of fused-ring (bicyclic) bond motifs is 1. The Kier molecular flexibility index (Phi) is 3.59. The second kappa shape index (κ2) is 5.15. The van der Waals surface area contributed by atoms with Gasteiger partial charge in [0, 0.05) is 11.7 Å². The summed E-state index contributed by atoms with van der Waals surface area (Å²) in [5.41, 5.74) is 1.02. The first kappa shape index (κ1) is 11.9. The van der Waals surface area contributed by atoms with E-state index in [1.165, 1.54) is 10.8 Å². The first-order chi connectivity index (χ1) is 8.15. The van der Waals surface area contributed by atoms with Crippen LogP contribution in [0.2, 0.25) is 0 Å². The third kappa shape index (κ3) is 3.17. The van der Waals surface area contributed by atoms with E-state index in [-0.39, 0.29) is 0 Å². The predicted octanol–water partition coefficient (Wildman–Crippen LogP) is 3.53. The van der Waals surface area contributed by atoms with Gasteiger partial charge in [-0.25, -0.2) is 0 Å². The van der Waals surface area contributed by atoms with Crippen LogP contribution in [0, 0.1) is 0 Å². The maximum absolute atomic E-state index is 5.21. The van der Waals surface area contributed by atoms with Crippen molar-refractivity contribution >= 4 is 33.8 Å². The number of thiocarbonyl (C=S) groups is 1. The van der Waals surface area contributed by atoms with E-state index >= 15 is 0 Å². The Morgan fingerprint density at radius 2 is 1.76 bits per heavy atom. The molecular weight excluding hydrogens is 228 g/mol. The average Bonchev–Trinajstić information content (AvgIpc) is 2.27. The highest BCUT2D eigenvalue weighted by Crippen LogP contribution is 2.18.